The van der Waals surface area contributed by atoms with Crippen LogP contribution in [0.3, 0.4) is 0 Å². The minimum Gasteiger partial charge on any atom is -0.497 e. The Kier molecular flexibility index (Phi) is 2.70. The molecule has 4 nitrogen and oxygen atoms in total. The van der Waals surface area contributed by atoms with Gasteiger partial charge in [-0.25, -0.2) is 4.57 Å². The van der Waals surface area contributed by atoms with E-state index in [0.717, 1.165) is 25.2 Å². The average molecular weight is 241 g/mol. The zero-order valence-corrected chi connectivity index (χ0v) is 9.43. The first-order valence-corrected chi connectivity index (χ1v) is 6.24. The average Bonchev–Trinajstić information content (AvgIpc) is 2.59. The maximum absolute atomic E-state index is 11.4. The van der Waals surface area contributed by atoms with Crippen molar-refractivity contribution in [2.75, 3.05) is 7.11 Å². The van der Waals surface area contributed by atoms with Crippen LogP contribution in [0, 0.1) is 0 Å². The third-order valence-electron chi connectivity index (χ3n) is 1.86. The van der Waals surface area contributed by atoms with Crippen molar-refractivity contribution in [1.29, 1.82) is 0 Å². The number of nitrogens with zero attached hydrogens (tertiary/aromatic N) is 1. The number of aromatic nitrogens is 1. The monoisotopic (exact) mass is 241 g/mol. The molecule has 15 heavy (non-hydrogen) atoms. The van der Waals surface area contributed by atoms with Gasteiger partial charge < -0.3 is 4.74 Å². The molecule has 1 aromatic heterocycles. The summed E-state index contributed by atoms with van der Waals surface area (Å²) in [5, 5.41) is 0. The van der Waals surface area contributed by atoms with Crippen LogP contribution < -0.4 is 14.5 Å². The van der Waals surface area contributed by atoms with Crippen molar-refractivity contribution >= 4 is 20.7 Å². The summed E-state index contributed by atoms with van der Waals surface area (Å²) < 4.78 is 6.16. The molecule has 0 fully saturated rings. The van der Waals surface area contributed by atoms with Gasteiger partial charge in [0, 0.05) is 6.07 Å². The van der Waals surface area contributed by atoms with Gasteiger partial charge in [-0.2, -0.15) is 0 Å². The molecule has 1 aromatic carbocycles. The number of benzene rings is 1. The molecule has 0 saturated heterocycles. The molecular formula is C9H7NO3S2. The van der Waals surface area contributed by atoms with E-state index in [4.69, 9.17) is 4.74 Å². The molecule has 78 valence electrons. The lowest BCUT2D eigenvalue weighted by atomic mass is 10.3. The Morgan fingerprint density at radius 1 is 1.20 bits per heavy atom. The third kappa shape index (κ3) is 1.86. The van der Waals surface area contributed by atoms with E-state index < -0.39 is 0 Å². The molecule has 0 amide bonds. The van der Waals surface area contributed by atoms with Crippen LogP contribution in [0.1, 0.15) is 0 Å². The molecular weight excluding hydrogens is 234 g/mol. The Bertz CT molecular complexity index is 554. The zero-order chi connectivity index (χ0) is 10.8. The van der Waals surface area contributed by atoms with Gasteiger partial charge in [0.1, 0.15) is 5.75 Å². The highest BCUT2D eigenvalue weighted by Crippen LogP contribution is 2.14. The van der Waals surface area contributed by atoms with E-state index in [1.54, 1.807) is 24.3 Å². The summed E-state index contributed by atoms with van der Waals surface area (Å²) in [5.74, 6) is 0.620. The molecule has 0 saturated carbocycles. The Morgan fingerprint density at radius 2 is 1.87 bits per heavy atom. The number of rotatable bonds is 2. The van der Waals surface area contributed by atoms with Crippen LogP contribution in [0.4, 0.5) is 0 Å². The van der Waals surface area contributed by atoms with Crippen molar-refractivity contribution in [3.8, 4) is 11.4 Å². The molecule has 0 spiro atoms. The lowest BCUT2D eigenvalue weighted by Gasteiger charge is -2.02. The number of hydrogen-bond acceptors (Lipinski definition) is 5. The highest BCUT2D eigenvalue weighted by Gasteiger charge is 2.07. The predicted octanol–water partition coefficient (Wildman–Crippen LogP) is 1.33. The molecule has 0 bridgehead atoms. The van der Waals surface area contributed by atoms with Crippen LogP contribution in [0.25, 0.3) is 5.69 Å². The molecule has 2 rings (SSSR count). The number of methoxy groups -OCH3 is 1. The topological polar surface area (TPSA) is 48.3 Å². The third-order valence-corrected chi connectivity index (χ3v) is 3.70. The largest absolute Gasteiger partial charge is 0.497 e. The molecule has 0 radical (unpaired) electrons. The Balaban J connectivity index is 2.64. The molecule has 0 atom stereocenters. The van der Waals surface area contributed by atoms with Gasteiger partial charge >= 0.3 is 9.75 Å². The summed E-state index contributed by atoms with van der Waals surface area (Å²) in [6, 6.07) is 6.85. The molecule has 0 aliphatic heterocycles. The van der Waals surface area contributed by atoms with Gasteiger partial charge in [-0.05, 0) is 32.8 Å². The van der Waals surface area contributed by atoms with E-state index in [1.807, 2.05) is 0 Å². The van der Waals surface area contributed by atoms with Crippen LogP contribution >= 0.6 is 20.7 Å². The summed E-state index contributed by atoms with van der Waals surface area (Å²) in [6.07, 6.45) is 0. The van der Waals surface area contributed by atoms with E-state index in [1.165, 1.54) is 7.11 Å². The van der Waals surface area contributed by atoms with Crippen LogP contribution in [0.5, 0.6) is 5.75 Å². The second-order valence-electron chi connectivity index (χ2n) is 2.74. The van der Waals surface area contributed by atoms with Gasteiger partial charge in [-0.15, -0.1) is 0 Å². The molecule has 1 heterocycles. The smallest absolute Gasteiger partial charge is 0.325 e. The second-order valence-corrected chi connectivity index (χ2v) is 4.77. The lowest BCUT2D eigenvalue weighted by Crippen LogP contribution is -2.21. The van der Waals surface area contributed by atoms with Crippen molar-refractivity contribution < 1.29 is 4.74 Å². The minimum atomic E-state index is -0.266. The first-order valence-electron chi connectivity index (χ1n) is 4.09. The van der Waals surface area contributed by atoms with Gasteiger partial charge in [0.25, 0.3) is 0 Å². The normalized spacial score (nSPS) is 10.2. The van der Waals surface area contributed by atoms with E-state index in [-0.39, 0.29) is 9.75 Å². The maximum atomic E-state index is 11.4. The highest BCUT2D eigenvalue weighted by molar-refractivity contribution is 7.67. The van der Waals surface area contributed by atoms with Gasteiger partial charge in [0.2, 0.25) is 0 Å². The van der Waals surface area contributed by atoms with Crippen molar-refractivity contribution in [3.05, 3.63) is 43.6 Å². The Morgan fingerprint density at radius 3 is 2.47 bits per heavy atom. The summed E-state index contributed by atoms with van der Waals surface area (Å²) in [4.78, 5) is 22.3. The molecule has 6 heteroatoms. The second kappa shape index (κ2) is 4.00. The van der Waals surface area contributed by atoms with Crippen molar-refractivity contribution in [3.63, 3.8) is 0 Å². The fraction of sp³-hybridized carbons (Fsp3) is 0.111. The van der Waals surface area contributed by atoms with Crippen molar-refractivity contribution in [2.24, 2.45) is 0 Å². The van der Waals surface area contributed by atoms with E-state index in [2.05, 4.69) is 0 Å². The Labute approximate surface area is 92.4 Å². The molecule has 0 N–H and O–H groups in total. The summed E-state index contributed by atoms with van der Waals surface area (Å²) in [7, 11) is 3.41. The number of ether oxygens (including phenoxy) is 1. The summed E-state index contributed by atoms with van der Waals surface area (Å²) >= 11 is 0. The molecule has 0 aliphatic carbocycles. The predicted molar refractivity (Wildman–Crippen MR) is 60.6 cm³/mol. The van der Waals surface area contributed by atoms with Gasteiger partial charge in [0.05, 0.1) is 12.8 Å². The van der Waals surface area contributed by atoms with Crippen LogP contribution in [-0.2, 0) is 0 Å². The van der Waals surface area contributed by atoms with Crippen molar-refractivity contribution in [1.82, 2.24) is 4.57 Å². The maximum Gasteiger partial charge on any atom is 0.325 e. The van der Waals surface area contributed by atoms with E-state index >= 15 is 0 Å². The van der Waals surface area contributed by atoms with Crippen LogP contribution in [0.15, 0.2) is 33.9 Å². The zero-order valence-electron chi connectivity index (χ0n) is 7.80. The fourth-order valence-electron chi connectivity index (χ4n) is 1.18. The molecule has 0 aliphatic rings. The Hall–Kier alpha value is -1.40. The highest BCUT2D eigenvalue weighted by atomic mass is 32.9. The van der Waals surface area contributed by atoms with Crippen molar-refractivity contribution in [2.45, 2.75) is 0 Å². The van der Waals surface area contributed by atoms with E-state index in [0.29, 0.717) is 11.4 Å². The van der Waals surface area contributed by atoms with E-state index in [9.17, 15) is 9.59 Å². The van der Waals surface area contributed by atoms with Gasteiger partial charge in [-0.1, -0.05) is 6.07 Å². The molecule has 2 aromatic rings. The first kappa shape index (κ1) is 10.1. The fourth-order valence-corrected chi connectivity index (χ4v) is 2.78. The quantitative estimate of drug-likeness (QED) is 0.745. The van der Waals surface area contributed by atoms with Crippen LogP contribution in [0.2, 0.25) is 0 Å². The molecule has 0 unspecified atom stereocenters. The SMILES string of the molecule is COc1cccc(-n2c(=O)ssc2=O)c1. The van der Waals surface area contributed by atoms with Gasteiger partial charge in [0.15, 0.2) is 0 Å². The number of hydrogen-bond donors (Lipinski definition) is 0. The minimum absolute atomic E-state index is 0.266. The van der Waals surface area contributed by atoms with Crippen LogP contribution in [-0.4, -0.2) is 11.7 Å². The summed E-state index contributed by atoms with van der Waals surface area (Å²) in [6.45, 7) is 0. The summed E-state index contributed by atoms with van der Waals surface area (Å²) in [5.41, 5.74) is 0.543. The lowest BCUT2D eigenvalue weighted by molar-refractivity contribution is 0.414. The standard InChI is InChI=1S/C9H7NO3S2/c1-13-7-4-2-3-6(5-7)10-8(11)14-15-9(10)12/h2-5H,1H3. The first-order chi connectivity index (χ1) is 7.22. The van der Waals surface area contributed by atoms with Gasteiger partial charge in [-0.3, -0.25) is 9.59 Å².